The Morgan fingerprint density at radius 1 is 1.42 bits per heavy atom. The minimum atomic E-state index is -0.841. The second kappa shape index (κ2) is 6.02. The van der Waals surface area contributed by atoms with Crippen LogP contribution in [0.3, 0.4) is 0 Å². The second-order valence-electron chi connectivity index (χ2n) is 6.21. The largest absolute Gasteiger partial charge is 0.457 e. The zero-order valence-electron chi connectivity index (χ0n) is 11.9. The van der Waals surface area contributed by atoms with Crippen molar-refractivity contribution in [1.29, 1.82) is 0 Å². The number of rotatable bonds is 3. The van der Waals surface area contributed by atoms with E-state index in [0.29, 0.717) is 11.7 Å². The molecule has 2 fully saturated rings. The van der Waals surface area contributed by atoms with Gasteiger partial charge in [0.15, 0.2) is 6.29 Å². The van der Waals surface area contributed by atoms with Crippen LogP contribution in [-0.2, 0) is 14.3 Å². The lowest BCUT2D eigenvalue weighted by Gasteiger charge is -2.38. The number of ether oxygens (including phenoxy) is 2. The second-order valence-corrected chi connectivity index (χ2v) is 7.30. The predicted molar refractivity (Wildman–Crippen MR) is 74.6 cm³/mol. The Labute approximate surface area is 119 Å². The normalized spacial score (nSPS) is 39.5. The Bertz CT molecular complexity index is 323. The third-order valence-corrected chi connectivity index (χ3v) is 5.32. The molecule has 0 amide bonds. The van der Waals surface area contributed by atoms with Gasteiger partial charge in [0, 0.05) is 5.75 Å². The Morgan fingerprint density at radius 2 is 2.05 bits per heavy atom. The standard InChI is InChI=1S/C14H24O4S/c1-9(2)10-4-6-14(3,7-5-10)18-12(16)13-17-11(15)8-19-13/h9-11,13,15H,4-8H2,1-3H3. The van der Waals surface area contributed by atoms with Crippen LogP contribution in [0.5, 0.6) is 0 Å². The van der Waals surface area contributed by atoms with E-state index in [1.54, 1.807) is 0 Å². The number of carbonyl (C=O) groups excluding carboxylic acids is 1. The summed E-state index contributed by atoms with van der Waals surface area (Å²) in [5, 5.41) is 9.26. The number of aliphatic hydroxyl groups is 1. The van der Waals surface area contributed by atoms with E-state index in [1.165, 1.54) is 11.8 Å². The summed E-state index contributed by atoms with van der Waals surface area (Å²) in [6, 6.07) is 0. The zero-order chi connectivity index (χ0) is 14.0. The highest BCUT2D eigenvalue weighted by Gasteiger charge is 2.39. The van der Waals surface area contributed by atoms with Crippen LogP contribution >= 0.6 is 11.8 Å². The molecule has 5 heteroatoms. The Hall–Kier alpha value is -0.260. The molecule has 0 radical (unpaired) electrons. The summed E-state index contributed by atoms with van der Waals surface area (Å²) in [5.41, 5.74) is -1.02. The van der Waals surface area contributed by atoms with Crippen molar-refractivity contribution in [3.8, 4) is 0 Å². The average Bonchev–Trinajstić information content (AvgIpc) is 2.76. The molecule has 0 aromatic heterocycles. The van der Waals surface area contributed by atoms with Crippen molar-refractivity contribution in [1.82, 2.24) is 0 Å². The van der Waals surface area contributed by atoms with E-state index < -0.39 is 11.7 Å². The highest BCUT2D eigenvalue weighted by atomic mass is 32.2. The molecule has 110 valence electrons. The van der Waals surface area contributed by atoms with Crippen molar-refractivity contribution in [2.75, 3.05) is 5.75 Å². The molecule has 2 atom stereocenters. The molecule has 0 aromatic rings. The van der Waals surface area contributed by atoms with Crippen molar-refractivity contribution in [3.63, 3.8) is 0 Å². The fourth-order valence-corrected chi connectivity index (χ4v) is 3.63. The number of hydrogen-bond donors (Lipinski definition) is 1. The number of thioether (sulfide) groups is 1. The topological polar surface area (TPSA) is 55.8 Å². The van der Waals surface area contributed by atoms with Crippen molar-refractivity contribution in [2.45, 2.75) is 63.8 Å². The fourth-order valence-electron chi connectivity index (χ4n) is 2.83. The first kappa shape index (κ1) is 15.1. The number of hydrogen-bond acceptors (Lipinski definition) is 5. The predicted octanol–water partition coefficient (Wildman–Crippen LogP) is 2.54. The van der Waals surface area contributed by atoms with Crippen LogP contribution in [0, 0.1) is 11.8 Å². The summed E-state index contributed by atoms with van der Waals surface area (Å²) in [6.45, 7) is 6.52. The summed E-state index contributed by atoms with van der Waals surface area (Å²) in [6.07, 6.45) is 3.22. The van der Waals surface area contributed by atoms with Crippen LogP contribution in [0.25, 0.3) is 0 Å². The number of carbonyl (C=O) groups is 1. The zero-order valence-corrected chi connectivity index (χ0v) is 12.7. The first-order chi connectivity index (χ1) is 8.89. The minimum absolute atomic E-state index is 0.341. The van der Waals surface area contributed by atoms with Gasteiger partial charge in [-0.25, -0.2) is 4.79 Å². The first-order valence-electron chi connectivity index (χ1n) is 7.07. The molecule has 0 aromatic carbocycles. The van der Waals surface area contributed by atoms with Crippen molar-refractivity contribution in [2.24, 2.45) is 11.8 Å². The van der Waals surface area contributed by atoms with E-state index in [2.05, 4.69) is 13.8 Å². The Kier molecular flexibility index (Phi) is 4.79. The SMILES string of the molecule is CC(C)C1CCC(C)(OC(=O)C2OC(O)CS2)CC1. The maximum atomic E-state index is 12.0. The molecule has 1 saturated carbocycles. The van der Waals surface area contributed by atoms with Crippen LogP contribution in [0.1, 0.15) is 46.5 Å². The lowest BCUT2D eigenvalue weighted by Crippen LogP contribution is -2.39. The highest BCUT2D eigenvalue weighted by Crippen LogP contribution is 2.38. The van der Waals surface area contributed by atoms with Gasteiger partial charge >= 0.3 is 5.97 Å². The van der Waals surface area contributed by atoms with Gasteiger partial charge in [0.25, 0.3) is 0 Å². The molecule has 2 aliphatic rings. The first-order valence-corrected chi connectivity index (χ1v) is 8.12. The third-order valence-electron chi connectivity index (χ3n) is 4.24. The van der Waals surface area contributed by atoms with Gasteiger partial charge in [0.05, 0.1) is 0 Å². The van der Waals surface area contributed by atoms with E-state index in [4.69, 9.17) is 9.47 Å². The quantitative estimate of drug-likeness (QED) is 0.809. The van der Waals surface area contributed by atoms with Crippen molar-refractivity contribution in [3.05, 3.63) is 0 Å². The lowest BCUT2D eigenvalue weighted by atomic mass is 9.75. The maximum absolute atomic E-state index is 12.0. The third kappa shape index (κ3) is 3.86. The molecule has 2 unspecified atom stereocenters. The van der Waals surface area contributed by atoms with E-state index in [0.717, 1.165) is 31.6 Å². The van der Waals surface area contributed by atoms with E-state index >= 15 is 0 Å². The van der Waals surface area contributed by atoms with Gasteiger partial charge in [-0.15, -0.1) is 11.8 Å². The molecule has 1 saturated heterocycles. The van der Waals surface area contributed by atoms with E-state index in [9.17, 15) is 9.90 Å². The van der Waals surface area contributed by atoms with Gasteiger partial charge in [0.1, 0.15) is 5.60 Å². The average molecular weight is 288 g/mol. The van der Waals surface area contributed by atoms with Crippen molar-refractivity contribution >= 4 is 17.7 Å². The van der Waals surface area contributed by atoms with Crippen molar-refractivity contribution < 1.29 is 19.4 Å². The highest BCUT2D eigenvalue weighted by molar-refractivity contribution is 8.00. The molecular weight excluding hydrogens is 264 g/mol. The summed E-state index contributed by atoms with van der Waals surface area (Å²) in [4.78, 5) is 12.0. The summed E-state index contributed by atoms with van der Waals surface area (Å²) < 4.78 is 10.8. The maximum Gasteiger partial charge on any atom is 0.346 e. The van der Waals surface area contributed by atoms with Gasteiger partial charge in [-0.1, -0.05) is 13.8 Å². The smallest absolute Gasteiger partial charge is 0.346 e. The summed E-state index contributed by atoms with van der Waals surface area (Å²) >= 11 is 1.30. The number of aliphatic hydroxyl groups excluding tert-OH is 1. The molecule has 0 bridgehead atoms. The molecule has 2 rings (SSSR count). The van der Waals surface area contributed by atoms with Gasteiger partial charge < -0.3 is 14.6 Å². The fraction of sp³-hybridized carbons (Fsp3) is 0.929. The lowest BCUT2D eigenvalue weighted by molar-refractivity contribution is -0.178. The molecule has 4 nitrogen and oxygen atoms in total. The van der Waals surface area contributed by atoms with Crippen LogP contribution in [0.15, 0.2) is 0 Å². The molecule has 1 aliphatic heterocycles. The molecule has 1 heterocycles. The molecular formula is C14H24O4S. The molecule has 1 N–H and O–H groups in total. The van der Waals surface area contributed by atoms with Crippen LogP contribution in [0.4, 0.5) is 0 Å². The van der Waals surface area contributed by atoms with Gasteiger partial charge in [-0.05, 0) is 44.4 Å². The van der Waals surface area contributed by atoms with E-state index in [1.807, 2.05) is 6.92 Å². The van der Waals surface area contributed by atoms with E-state index in [-0.39, 0.29) is 11.6 Å². The van der Waals surface area contributed by atoms with Gasteiger partial charge in [0.2, 0.25) is 5.44 Å². The molecule has 19 heavy (non-hydrogen) atoms. The molecule has 1 aliphatic carbocycles. The Morgan fingerprint density at radius 3 is 2.53 bits per heavy atom. The minimum Gasteiger partial charge on any atom is -0.457 e. The summed E-state index contributed by atoms with van der Waals surface area (Å²) in [5.74, 6) is 1.54. The Balaban J connectivity index is 1.83. The molecule has 0 spiro atoms. The summed E-state index contributed by atoms with van der Waals surface area (Å²) in [7, 11) is 0. The van der Waals surface area contributed by atoms with Crippen LogP contribution in [0.2, 0.25) is 0 Å². The van der Waals surface area contributed by atoms with Crippen LogP contribution < -0.4 is 0 Å². The van der Waals surface area contributed by atoms with Gasteiger partial charge in [-0.2, -0.15) is 0 Å². The number of esters is 1. The monoisotopic (exact) mass is 288 g/mol. The van der Waals surface area contributed by atoms with Crippen LogP contribution in [-0.4, -0.2) is 34.2 Å². The van der Waals surface area contributed by atoms with Gasteiger partial charge in [-0.3, -0.25) is 0 Å².